The molecule has 0 radical (unpaired) electrons. The van der Waals surface area contributed by atoms with E-state index in [-0.39, 0.29) is 0 Å². The zero-order chi connectivity index (χ0) is 9.97. The Hall–Kier alpha value is -1.07. The Morgan fingerprint density at radius 2 is 2.43 bits per heavy atom. The van der Waals surface area contributed by atoms with Crippen molar-refractivity contribution in [2.24, 2.45) is 0 Å². The molecule has 0 aliphatic rings. The SMILES string of the molecule is COCc1nn2cccnc2c1CS. The van der Waals surface area contributed by atoms with Crippen molar-refractivity contribution in [3.05, 3.63) is 29.7 Å². The van der Waals surface area contributed by atoms with Crippen LogP contribution in [-0.4, -0.2) is 21.7 Å². The van der Waals surface area contributed by atoms with Gasteiger partial charge in [0, 0.05) is 30.8 Å². The summed E-state index contributed by atoms with van der Waals surface area (Å²) >= 11 is 4.27. The molecule has 0 N–H and O–H groups in total. The van der Waals surface area contributed by atoms with Gasteiger partial charge in [-0.3, -0.25) is 0 Å². The third kappa shape index (κ3) is 1.49. The molecule has 0 fully saturated rings. The average Bonchev–Trinajstić information content (AvgIpc) is 2.55. The Labute approximate surface area is 87.3 Å². The molecule has 14 heavy (non-hydrogen) atoms. The standard InChI is InChI=1S/C9H11N3OS/c1-13-5-8-7(6-14)9-10-3-2-4-12(9)11-8/h2-4,14H,5-6H2,1H3. The third-order valence-electron chi connectivity index (χ3n) is 2.01. The number of rotatable bonds is 3. The number of methoxy groups -OCH3 is 1. The first kappa shape index (κ1) is 9.48. The number of ether oxygens (including phenoxy) is 1. The Morgan fingerprint density at radius 3 is 3.14 bits per heavy atom. The molecule has 2 aromatic heterocycles. The maximum absolute atomic E-state index is 5.06. The quantitative estimate of drug-likeness (QED) is 0.775. The molecule has 2 aromatic rings. The van der Waals surface area contributed by atoms with Crippen molar-refractivity contribution in [1.82, 2.24) is 14.6 Å². The first-order valence-electron chi connectivity index (χ1n) is 4.27. The molecule has 5 heteroatoms. The van der Waals surface area contributed by atoms with Crippen LogP contribution in [0.1, 0.15) is 11.3 Å². The van der Waals surface area contributed by atoms with Gasteiger partial charge < -0.3 is 4.74 Å². The lowest BCUT2D eigenvalue weighted by atomic mass is 10.3. The zero-order valence-corrected chi connectivity index (χ0v) is 8.74. The molecule has 0 aromatic carbocycles. The maximum atomic E-state index is 5.06. The first-order valence-corrected chi connectivity index (χ1v) is 4.91. The Morgan fingerprint density at radius 1 is 1.57 bits per heavy atom. The highest BCUT2D eigenvalue weighted by Crippen LogP contribution is 2.16. The monoisotopic (exact) mass is 209 g/mol. The smallest absolute Gasteiger partial charge is 0.159 e. The van der Waals surface area contributed by atoms with Crippen molar-refractivity contribution < 1.29 is 4.74 Å². The molecule has 0 amide bonds. The highest BCUT2D eigenvalue weighted by Gasteiger charge is 2.11. The topological polar surface area (TPSA) is 39.4 Å². The lowest BCUT2D eigenvalue weighted by Gasteiger charge is -1.95. The summed E-state index contributed by atoms with van der Waals surface area (Å²) in [6, 6.07) is 1.85. The highest BCUT2D eigenvalue weighted by molar-refractivity contribution is 7.79. The number of hydrogen-bond acceptors (Lipinski definition) is 4. The zero-order valence-electron chi connectivity index (χ0n) is 7.84. The van der Waals surface area contributed by atoms with E-state index in [4.69, 9.17) is 4.74 Å². The molecule has 0 bridgehead atoms. The third-order valence-corrected chi connectivity index (χ3v) is 2.33. The fourth-order valence-electron chi connectivity index (χ4n) is 1.39. The van der Waals surface area contributed by atoms with Crippen LogP contribution in [0.25, 0.3) is 5.65 Å². The molecule has 0 atom stereocenters. The van der Waals surface area contributed by atoms with Gasteiger partial charge in [-0.15, -0.1) is 0 Å². The van der Waals surface area contributed by atoms with E-state index >= 15 is 0 Å². The van der Waals surface area contributed by atoms with Gasteiger partial charge in [-0.05, 0) is 6.07 Å². The van der Waals surface area contributed by atoms with Crippen LogP contribution in [0.5, 0.6) is 0 Å². The van der Waals surface area contributed by atoms with E-state index in [1.807, 2.05) is 12.3 Å². The van der Waals surface area contributed by atoms with Gasteiger partial charge in [0.25, 0.3) is 0 Å². The van der Waals surface area contributed by atoms with Gasteiger partial charge in [0.05, 0.1) is 12.3 Å². The number of thiol groups is 1. The second-order valence-corrected chi connectivity index (χ2v) is 3.22. The van der Waals surface area contributed by atoms with Crippen LogP contribution in [0, 0.1) is 0 Å². The van der Waals surface area contributed by atoms with Crippen LogP contribution in [0.4, 0.5) is 0 Å². The molecule has 0 unspecified atom stereocenters. The molecular formula is C9H11N3OS. The molecule has 2 heterocycles. The fraction of sp³-hybridized carbons (Fsp3) is 0.333. The summed E-state index contributed by atoms with van der Waals surface area (Å²) < 4.78 is 6.81. The molecule has 0 aliphatic heterocycles. The normalized spacial score (nSPS) is 11.0. The van der Waals surface area contributed by atoms with Crippen LogP contribution in [0.3, 0.4) is 0 Å². The second kappa shape index (κ2) is 3.98. The predicted octanol–water partition coefficient (Wildman–Crippen LogP) is 1.31. The van der Waals surface area contributed by atoms with Gasteiger partial charge in [0.2, 0.25) is 0 Å². The minimum Gasteiger partial charge on any atom is -0.378 e. The van der Waals surface area contributed by atoms with E-state index in [2.05, 4.69) is 22.7 Å². The van der Waals surface area contributed by atoms with Gasteiger partial charge in [-0.2, -0.15) is 17.7 Å². The molecular weight excluding hydrogens is 198 g/mol. The molecule has 0 saturated carbocycles. The maximum Gasteiger partial charge on any atom is 0.159 e. The Kier molecular flexibility index (Phi) is 2.69. The molecule has 74 valence electrons. The van der Waals surface area contributed by atoms with E-state index in [0.29, 0.717) is 12.4 Å². The van der Waals surface area contributed by atoms with Gasteiger partial charge in [-0.25, -0.2) is 9.50 Å². The minimum atomic E-state index is 0.499. The fourth-order valence-corrected chi connectivity index (χ4v) is 1.72. The number of hydrogen-bond donors (Lipinski definition) is 1. The molecule has 0 aliphatic carbocycles. The van der Waals surface area contributed by atoms with Crippen LogP contribution < -0.4 is 0 Å². The van der Waals surface area contributed by atoms with Crippen LogP contribution in [0.2, 0.25) is 0 Å². The minimum absolute atomic E-state index is 0.499. The number of nitrogens with zero attached hydrogens (tertiary/aromatic N) is 3. The van der Waals surface area contributed by atoms with E-state index in [9.17, 15) is 0 Å². The van der Waals surface area contributed by atoms with Gasteiger partial charge >= 0.3 is 0 Å². The predicted molar refractivity (Wildman–Crippen MR) is 56.4 cm³/mol. The van der Waals surface area contributed by atoms with E-state index in [1.54, 1.807) is 17.8 Å². The average molecular weight is 209 g/mol. The number of aromatic nitrogens is 3. The summed E-state index contributed by atoms with van der Waals surface area (Å²) in [5, 5.41) is 4.35. The van der Waals surface area contributed by atoms with Crippen molar-refractivity contribution in [3.8, 4) is 0 Å². The van der Waals surface area contributed by atoms with Crippen molar-refractivity contribution in [1.29, 1.82) is 0 Å². The summed E-state index contributed by atoms with van der Waals surface area (Å²) in [5.74, 6) is 0.624. The van der Waals surface area contributed by atoms with Gasteiger partial charge in [-0.1, -0.05) is 0 Å². The van der Waals surface area contributed by atoms with E-state index in [0.717, 1.165) is 16.9 Å². The van der Waals surface area contributed by atoms with Crippen molar-refractivity contribution in [2.45, 2.75) is 12.4 Å². The summed E-state index contributed by atoms with van der Waals surface area (Å²) in [7, 11) is 1.65. The summed E-state index contributed by atoms with van der Waals surface area (Å²) in [6.45, 7) is 0.499. The second-order valence-electron chi connectivity index (χ2n) is 2.90. The lowest BCUT2D eigenvalue weighted by molar-refractivity contribution is 0.180. The van der Waals surface area contributed by atoms with E-state index < -0.39 is 0 Å². The highest BCUT2D eigenvalue weighted by atomic mass is 32.1. The summed E-state index contributed by atoms with van der Waals surface area (Å²) in [4.78, 5) is 4.25. The van der Waals surface area contributed by atoms with Crippen molar-refractivity contribution in [2.75, 3.05) is 7.11 Å². The summed E-state index contributed by atoms with van der Waals surface area (Å²) in [5.41, 5.74) is 2.80. The van der Waals surface area contributed by atoms with E-state index in [1.165, 1.54) is 0 Å². The summed E-state index contributed by atoms with van der Waals surface area (Å²) in [6.07, 6.45) is 3.62. The van der Waals surface area contributed by atoms with Crippen LogP contribution >= 0.6 is 12.6 Å². The van der Waals surface area contributed by atoms with Crippen molar-refractivity contribution in [3.63, 3.8) is 0 Å². The van der Waals surface area contributed by atoms with Crippen LogP contribution in [-0.2, 0) is 17.1 Å². The Balaban J connectivity index is 2.60. The largest absolute Gasteiger partial charge is 0.378 e. The first-order chi connectivity index (χ1) is 6.86. The van der Waals surface area contributed by atoms with Gasteiger partial charge in [0.15, 0.2) is 5.65 Å². The molecule has 4 nitrogen and oxygen atoms in total. The van der Waals surface area contributed by atoms with Gasteiger partial charge in [0.1, 0.15) is 0 Å². The number of fused-ring (bicyclic) bond motifs is 1. The Bertz CT molecular complexity index is 441. The molecule has 0 spiro atoms. The molecule has 0 saturated heterocycles. The van der Waals surface area contributed by atoms with Crippen LogP contribution in [0.15, 0.2) is 18.5 Å². The van der Waals surface area contributed by atoms with Crippen molar-refractivity contribution >= 4 is 18.3 Å². The molecule has 2 rings (SSSR count). The lowest BCUT2D eigenvalue weighted by Crippen LogP contribution is -1.92.